The van der Waals surface area contributed by atoms with Gasteiger partial charge in [-0.3, -0.25) is 0 Å². The lowest BCUT2D eigenvalue weighted by molar-refractivity contribution is 1.00. The Kier molecular flexibility index (Phi) is 2.87. The highest BCUT2D eigenvalue weighted by Gasteiger charge is 2.04. The van der Waals surface area contributed by atoms with Crippen molar-refractivity contribution in [3.8, 4) is 11.4 Å². The number of aromatic nitrogens is 4. The van der Waals surface area contributed by atoms with Gasteiger partial charge in [-0.1, -0.05) is 18.5 Å². The van der Waals surface area contributed by atoms with Crippen molar-refractivity contribution in [2.45, 2.75) is 13.3 Å². The minimum atomic E-state index is 0.445. The van der Waals surface area contributed by atoms with Crippen LogP contribution in [-0.2, 0) is 6.42 Å². The molecule has 0 aromatic carbocycles. The second-order valence-corrected chi connectivity index (χ2v) is 3.37. The first-order chi connectivity index (χ1) is 7.29. The molecule has 0 unspecified atom stereocenters. The maximum absolute atomic E-state index is 5.89. The van der Waals surface area contributed by atoms with Crippen molar-refractivity contribution < 1.29 is 0 Å². The van der Waals surface area contributed by atoms with E-state index in [1.54, 1.807) is 18.5 Å². The highest BCUT2D eigenvalue weighted by molar-refractivity contribution is 6.29. The predicted octanol–water partition coefficient (Wildman–Crippen LogP) is 2.15. The average molecular weight is 221 g/mol. The highest BCUT2D eigenvalue weighted by atomic mass is 35.5. The molecule has 76 valence electrons. The third-order valence-corrected chi connectivity index (χ3v) is 2.12. The number of hydrogen-bond acceptors (Lipinski definition) is 4. The van der Waals surface area contributed by atoms with Crippen LogP contribution >= 0.6 is 11.6 Å². The van der Waals surface area contributed by atoms with E-state index in [0.717, 1.165) is 17.7 Å². The van der Waals surface area contributed by atoms with Crippen molar-refractivity contribution in [2.75, 3.05) is 0 Å². The fourth-order valence-electron chi connectivity index (χ4n) is 1.19. The van der Waals surface area contributed by atoms with Crippen LogP contribution in [0.4, 0.5) is 0 Å². The molecule has 2 rings (SSSR count). The van der Waals surface area contributed by atoms with E-state index in [9.17, 15) is 0 Å². The molecule has 0 saturated heterocycles. The lowest BCUT2D eigenvalue weighted by atomic mass is 10.3. The molecule has 5 heteroatoms. The molecule has 0 fully saturated rings. The van der Waals surface area contributed by atoms with Gasteiger partial charge in [0.25, 0.3) is 0 Å². The molecule has 0 saturated carbocycles. The molecule has 0 N–H and O–H groups in total. The van der Waals surface area contributed by atoms with Crippen LogP contribution in [0.15, 0.2) is 24.8 Å². The molecule has 4 nitrogen and oxygen atoms in total. The molecule has 0 amide bonds. The summed E-state index contributed by atoms with van der Waals surface area (Å²) in [7, 11) is 0. The normalized spacial score (nSPS) is 10.3. The van der Waals surface area contributed by atoms with Gasteiger partial charge in [-0.15, -0.1) is 0 Å². The van der Waals surface area contributed by atoms with Gasteiger partial charge in [0.15, 0.2) is 5.82 Å². The monoisotopic (exact) mass is 220 g/mol. The summed E-state index contributed by atoms with van der Waals surface area (Å²) < 4.78 is 0. The summed E-state index contributed by atoms with van der Waals surface area (Å²) in [4.78, 5) is 16.3. The van der Waals surface area contributed by atoms with Gasteiger partial charge in [-0.05, 0) is 12.5 Å². The Morgan fingerprint density at radius 2 is 1.93 bits per heavy atom. The average Bonchev–Trinajstić information content (AvgIpc) is 2.29. The van der Waals surface area contributed by atoms with Crippen LogP contribution in [0.3, 0.4) is 0 Å². The summed E-state index contributed by atoms with van der Waals surface area (Å²) in [5.41, 5.74) is 1.68. The molecular weight excluding hydrogens is 212 g/mol. The molecule has 0 spiro atoms. The first-order valence-electron chi connectivity index (χ1n) is 4.58. The largest absolute Gasteiger partial charge is 0.244 e. The Hall–Kier alpha value is -1.55. The summed E-state index contributed by atoms with van der Waals surface area (Å²) in [5.74, 6) is 0.569. The lowest BCUT2D eigenvalue weighted by Gasteiger charge is -2.02. The summed E-state index contributed by atoms with van der Waals surface area (Å²) in [5, 5.41) is 0.445. The smallest absolute Gasteiger partial charge is 0.164 e. The van der Waals surface area contributed by atoms with Gasteiger partial charge in [0.1, 0.15) is 11.5 Å². The molecule has 2 aromatic rings. The van der Waals surface area contributed by atoms with Crippen molar-refractivity contribution in [3.05, 3.63) is 35.6 Å². The van der Waals surface area contributed by atoms with Gasteiger partial charge in [0.05, 0.1) is 5.56 Å². The molecule has 0 bridgehead atoms. The van der Waals surface area contributed by atoms with E-state index >= 15 is 0 Å². The number of rotatable bonds is 2. The standard InChI is InChI=1S/C10H9ClN4/c1-2-8-3-9(11)15-10(14-8)7-4-12-6-13-5-7/h3-6H,2H2,1H3. The molecular formula is C10H9ClN4. The van der Waals surface area contributed by atoms with E-state index < -0.39 is 0 Å². The zero-order valence-corrected chi connectivity index (χ0v) is 8.94. The topological polar surface area (TPSA) is 51.6 Å². The van der Waals surface area contributed by atoms with Crippen LogP contribution in [-0.4, -0.2) is 19.9 Å². The number of hydrogen-bond donors (Lipinski definition) is 0. The van der Waals surface area contributed by atoms with Crippen LogP contribution in [0.1, 0.15) is 12.6 Å². The molecule has 0 aliphatic heterocycles. The van der Waals surface area contributed by atoms with Gasteiger partial charge in [-0.2, -0.15) is 0 Å². The molecule has 2 heterocycles. The fourth-order valence-corrected chi connectivity index (χ4v) is 1.40. The zero-order chi connectivity index (χ0) is 10.7. The van der Waals surface area contributed by atoms with Gasteiger partial charge < -0.3 is 0 Å². The van der Waals surface area contributed by atoms with Crippen molar-refractivity contribution in [3.63, 3.8) is 0 Å². The molecule has 0 aliphatic carbocycles. The minimum absolute atomic E-state index is 0.445. The summed E-state index contributed by atoms with van der Waals surface area (Å²) in [6.45, 7) is 2.02. The Balaban J connectivity index is 2.49. The number of halogens is 1. The number of nitrogens with zero attached hydrogens (tertiary/aromatic N) is 4. The Morgan fingerprint density at radius 3 is 2.60 bits per heavy atom. The lowest BCUT2D eigenvalue weighted by Crippen LogP contribution is -1.95. The second-order valence-electron chi connectivity index (χ2n) is 2.99. The molecule has 0 aliphatic rings. The third-order valence-electron chi connectivity index (χ3n) is 1.93. The van der Waals surface area contributed by atoms with E-state index in [4.69, 9.17) is 11.6 Å². The van der Waals surface area contributed by atoms with Gasteiger partial charge in [0, 0.05) is 18.1 Å². The quantitative estimate of drug-likeness (QED) is 0.728. The van der Waals surface area contributed by atoms with Gasteiger partial charge in [0.2, 0.25) is 0 Å². The van der Waals surface area contributed by atoms with Gasteiger partial charge in [-0.25, -0.2) is 19.9 Å². The molecule has 15 heavy (non-hydrogen) atoms. The maximum Gasteiger partial charge on any atom is 0.164 e. The summed E-state index contributed by atoms with van der Waals surface area (Å²) in [6.07, 6.45) is 5.62. The molecule has 0 atom stereocenters. The Bertz CT molecular complexity index is 458. The van der Waals surface area contributed by atoms with Crippen LogP contribution in [0.25, 0.3) is 11.4 Å². The van der Waals surface area contributed by atoms with E-state index in [1.165, 1.54) is 6.33 Å². The van der Waals surface area contributed by atoms with Crippen molar-refractivity contribution in [2.24, 2.45) is 0 Å². The maximum atomic E-state index is 5.89. The first-order valence-corrected chi connectivity index (χ1v) is 4.96. The SMILES string of the molecule is CCc1cc(Cl)nc(-c2cncnc2)n1. The summed E-state index contributed by atoms with van der Waals surface area (Å²) >= 11 is 5.89. The van der Waals surface area contributed by atoms with Gasteiger partial charge >= 0.3 is 0 Å². The van der Waals surface area contributed by atoms with E-state index in [1.807, 2.05) is 6.92 Å². The van der Waals surface area contributed by atoms with Crippen molar-refractivity contribution in [1.29, 1.82) is 0 Å². The van der Waals surface area contributed by atoms with Crippen LogP contribution in [0, 0.1) is 0 Å². The molecule has 2 aromatic heterocycles. The van der Waals surface area contributed by atoms with Crippen molar-refractivity contribution in [1.82, 2.24) is 19.9 Å². The highest BCUT2D eigenvalue weighted by Crippen LogP contribution is 2.16. The van der Waals surface area contributed by atoms with Crippen LogP contribution in [0.2, 0.25) is 5.15 Å². The Labute approximate surface area is 92.4 Å². The fraction of sp³-hybridized carbons (Fsp3) is 0.200. The minimum Gasteiger partial charge on any atom is -0.244 e. The second kappa shape index (κ2) is 4.31. The zero-order valence-electron chi connectivity index (χ0n) is 8.18. The number of aryl methyl sites for hydroxylation is 1. The van der Waals surface area contributed by atoms with Crippen molar-refractivity contribution >= 4 is 11.6 Å². The molecule has 0 radical (unpaired) electrons. The van der Waals surface area contributed by atoms with Crippen LogP contribution < -0.4 is 0 Å². The first kappa shape index (κ1) is 9.98. The van der Waals surface area contributed by atoms with E-state index in [0.29, 0.717) is 11.0 Å². The van der Waals surface area contributed by atoms with E-state index in [-0.39, 0.29) is 0 Å². The Morgan fingerprint density at radius 1 is 1.20 bits per heavy atom. The summed E-state index contributed by atoms with van der Waals surface area (Å²) in [6, 6.07) is 1.76. The van der Waals surface area contributed by atoms with E-state index in [2.05, 4.69) is 19.9 Å². The predicted molar refractivity (Wildman–Crippen MR) is 57.4 cm³/mol. The van der Waals surface area contributed by atoms with Crippen LogP contribution in [0.5, 0.6) is 0 Å². The third kappa shape index (κ3) is 2.27.